The lowest BCUT2D eigenvalue weighted by Gasteiger charge is -2.21. The number of anilines is 2. The number of nitrogens with zero attached hydrogens (tertiary/aromatic N) is 4. The monoisotopic (exact) mass is 394 g/mol. The number of hydrogen-bond acceptors (Lipinski definition) is 4. The van der Waals surface area contributed by atoms with E-state index in [0.29, 0.717) is 6.54 Å². The molecule has 0 aliphatic carbocycles. The number of benzene rings is 3. The summed E-state index contributed by atoms with van der Waals surface area (Å²) in [5, 5.41) is 3.46. The molecule has 0 aliphatic heterocycles. The zero-order valence-electron chi connectivity index (χ0n) is 17.0. The van der Waals surface area contributed by atoms with Crippen LogP contribution in [-0.2, 0) is 6.54 Å². The van der Waals surface area contributed by atoms with E-state index in [4.69, 9.17) is 14.7 Å². The molecule has 0 bridgehead atoms. The molecule has 30 heavy (non-hydrogen) atoms. The van der Waals surface area contributed by atoms with Crippen molar-refractivity contribution in [2.24, 2.45) is 0 Å². The Labute approximate surface area is 175 Å². The first-order chi connectivity index (χ1) is 14.7. The van der Waals surface area contributed by atoms with Crippen molar-refractivity contribution < 1.29 is 4.74 Å². The van der Waals surface area contributed by atoms with E-state index in [1.165, 1.54) is 10.8 Å². The van der Waals surface area contributed by atoms with E-state index < -0.39 is 0 Å². The van der Waals surface area contributed by atoms with Gasteiger partial charge in [0.1, 0.15) is 11.6 Å². The summed E-state index contributed by atoms with van der Waals surface area (Å²) in [4.78, 5) is 11.9. The number of fused-ring (bicyclic) bond motifs is 2. The smallest absolute Gasteiger partial charge is 0.151 e. The van der Waals surface area contributed by atoms with Crippen LogP contribution < -0.4 is 9.64 Å². The van der Waals surface area contributed by atoms with Crippen molar-refractivity contribution in [2.75, 3.05) is 19.1 Å². The molecule has 0 atom stereocenters. The van der Waals surface area contributed by atoms with Gasteiger partial charge in [0, 0.05) is 30.5 Å². The summed E-state index contributed by atoms with van der Waals surface area (Å²) in [5.74, 6) is 2.50. The number of ether oxygens (including phenoxy) is 1. The lowest BCUT2D eigenvalue weighted by molar-refractivity contribution is 0.415. The van der Waals surface area contributed by atoms with E-state index in [0.717, 1.165) is 34.0 Å². The van der Waals surface area contributed by atoms with Gasteiger partial charge in [0.15, 0.2) is 5.82 Å². The van der Waals surface area contributed by atoms with Crippen molar-refractivity contribution in [3.8, 4) is 5.75 Å². The Morgan fingerprint density at radius 2 is 1.50 bits per heavy atom. The summed E-state index contributed by atoms with van der Waals surface area (Å²) in [6.45, 7) is 0.614. The van der Waals surface area contributed by atoms with Gasteiger partial charge >= 0.3 is 0 Å². The Bertz CT molecular complexity index is 1290. The first-order valence-electron chi connectivity index (χ1n) is 9.89. The number of aromatic nitrogens is 3. The zero-order chi connectivity index (χ0) is 20.5. The normalized spacial score (nSPS) is 11.1. The first kappa shape index (κ1) is 18.2. The van der Waals surface area contributed by atoms with E-state index >= 15 is 0 Å². The summed E-state index contributed by atoms with van der Waals surface area (Å²) < 4.78 is 7.43. The maximum atomic E-state index is 5.29. The van der Waals surface area contributed by atoms with E-state index in [2.05, 4.69) is 52.2 Å². The summed E-state index contributed by atoms with van der Waals surface area (Å²) >= 11 is 0. The Morgan fingerprint density at radius 3 is 2.20 bits per heavy atom. The first-order valence-corrected chi connectivity index (χ1v) is 9.89. The van der Waals surface area contributed by atoms with Crippen molar-refractivity contribution in [3.05, 3.63) is 91.0 Å². The Balaban J connectivity index is 1.56. The molecular formula is C25H22N4O. The van der Waals surface area contributed by atoms with Crippen LogP contribution in [0.15, 0.2) is 85.2 Å². The number of rotatable bonds is 5. The van der Waals surface area contributed by atoms with Crippen LogP contribution in [0.25, 0.3) is 21.7 Å². The van der Waals surface area contributed by atoms with Crippen LogP contribution in [0.5, 0.6) is 5.75 Å². The average Bonchev–Trinajstić information content (AvgIpc) is 3.20. The largest absolute Gasteiger partial charge is 0.497 e. The fourth-order valence-electron chi connectivity index (χ4n) is 3.76. The van der Waals surface area contributed by atoms with Gasteiger partial charge in [0.25, 0.3) is 0 Å². The predicted octanol–water partition coefficient (Wildman–Crippen LogP) is 5.41. The van der Waals surface area contributed by atoms with Gasteiger partial charge < -0.3 is 14.2 Å². The fourth-order valence-corrected chi connectivity index (χ4v) is 3.76. The molecule has 0 amide bonds. The maximum absolute atomic E-state index is 5.29. The molecule has 5 heteroatoms. The molecule has 3 aromatic carbocycles. The van der Waals surface area contributed by atoms with Crippen LogP contribution in [0.2, 0.25) is 0 Å². The topological polar surface area (TPSA) is 43.2 Å². The molecule has 0 saturated heterocycles. The predicted molar refractivity (Wildman–Crippen MR) is 122 cm³/mol. The molecule has 0 aliphatic rings. The van der Waals surface area contributed by atoms with Crippen LogP contribution >= 0.6 is 0 Å². The second kappa shape index (κ2) is 7.52. The molecule has 5 aromatic rings. The van der Waals surface area contributed by atoms with Crippen molar-refractivity contribution >= 4 is 33.2 Å². The van der Waals surface area contributed by atoms with Crippen LogP contribution in [0, 0.1) is 0 Å². The minimum absolute atomic E-state index is 0.614. The molecule has 2 heterocycles. The summed E-state index contributed by atoms with van der Waals surface area (Å²) in [5.41, 5.74) is 1.98. The highest BCUT2D eigenvalue weighted by Gasteiger charge is 2.14. The van der Waals surface area contributed by atoms with Gasteiger partial charge in [-0.25, -0.2) is 9.97 Å². The lowest BCUT2D eigenvalue weighted by atomic mass is 10.2. The van der Waals surface area contributed by atoms with Gasteiger partial charge in [-0.15, -0.1) is 0 Å². The molecule has 148 valence electrons. The van der Waals surface area contributed by atoms with Crippen LogP contribution in [0.4, 0.5) is 11.5 Å². The third-order valence-corrected chi connectivity index (χ3v) is 5.34. The second-order valence-electron chi connectivity index (χ2n) is 7.30. The quantitative estimate of drug-likeness (QED) is 0.400. The average molecular weight is 394 g/mol. The van der Waals surface area contributed by atoms with Crippen molar-refractivity contribution in [3.63, 3.8) is 0 Å². The van der Waals surface area contributed by atoms with E-state index in [9.17, 15) is 0 Å². The molecule has 0 unspecified atom stereocenters. The van der Waals surface area contributed by atoms with Crippen LogP contribution in [0.3, 0.4) is 0 Å². The molecule has 0 N–H and O–H groups in total. The van der Waals surface area contributed by atoms with Crippen LogP contribution in [-0.4, -0.2) is 28.7 Å². The van der Waals surface area contributed by atoms with Gasteiger partial charge in [-0.3, -0.25) is 0 Å². The summed E-state index contributed by atoms with van der Waals surface area (Å²) in [6.07, 6.45) is 4.28. The van der Waals surface area contributed by atoms with Crippen molar-refractivity contribution in [1.29, 1.82) is 0 Å². The van der Waals surface area contributed by atoms with Gasteiger partial charge in [-0.2, -0.15) is 0 Å². The highest BCUT2D eigenvalue weighted by Crippen LogP contribution is 2.30. The molecular weight excluding hydrogens is 372 g/mol. The van der Waals surface area contributed by atoms with E-state index in [1.54, 1.807) is 7.11 Å². The minimum atomic E-state index is 0.614. The minimum Gasteiger partial charge on any atom is -0.497 e. The van der Waals surface area contributed by atoms with E-state index in [-0.39, 0.29) is 0 Å². The Hall–Kier alpha value is -3.86. The Kier molecular flexibility index (Phi) is 4.56. The van der Waals surface area contributed by atoms with Gasteiger partial charge in [0.05, 0.1) is 19.2 Å². The number of hydrogen-bond donors (Lipinski definition) is 0. The maximum Gasteiger partial charge on any atom is 0.151 e. The van der Waals surface area contributed by atoms with Crippen molar-refractivity contribution in [1.82, 2.24) is 14.5 Å². The van der Waals surface area contributed by atoms with Gasteiger partial charge in [-0.1, -0.05) is 36.4 Å². The molecule has 0 spiro atoms. The zero-order valence-corrected chi connectivity index (χ0v) is 17.0. The molecule has 5 nitrogen and oxygen atoms in total. The Morgan fingerprint density at radius 1 is 0.833 bits per heavy atom. The molecule has 0 saturated carbocycles. The number of para-hydroxylation sites is 1. The summed E-state index contributed by atoms with van der Waals surface area (Å²) in [7, 11) is 3.71. The third kappa shape index (κ3) is 3.35. The summed E-state index contributed by atoms with van der Waals surface area (Å²) in [6, 6.07) is 24.5. The molecule has 0 fully saturated rings. The molecule has 2 aromatic heterocycles. The van der Waals surface area contributed by atoms with Gasteiger partial charge in [0.2, 0.25) is 0 Å². The number of methoxy groups -OCH3 is 1. The fraction of sp³-hybridized carbons (Fsp3) is 0.120. The highest BCUT2D eigenvalue weighted by atomic mass is 16.5. The lowest BCUT2D eigenvalue weighted by Crippen LogP contribution is -2.14. The van der Waals surface area contributed by atoms with Crippen LogP contribution in [0.1, 0.15) is 5.82 Å². The van der Waals surface area contributed by atoms with E-state index in [1.807, 2.05) is 49.5 Å². The molecule has 5 rings (SSSR count). The highest BCUT2D eigenvalue weighted by molar-refractivity contribution is 5.91. The third-order valence-electron chi connectivity index (χ3n) is 5.34. The SMILES string of the molecule is COc1ccc(N(C)c2nc(Cn3cc4ccccc4c3)nc3ccccc23)cc1. The standard InChI is InChI=1S/C25H22N4O/c1-28(20-11-13-21(30-2)14-12-20)25-22-9-5-6-10-23(22)26-24(27-25)17-29-15-18-7-3-4-8-19(18)16-29/h3-16H,17H2,1-2H3. The van der Waals surface area contributed by atoms with Crippen molar-refractivity contribution in [2.45, 2.75) is 6.54 Å². The second-order valence-corrected chi connectivity index (χ2v) is 7.30. The van der Waals surface area contributed by atoms with Gasteiger partial charge in [-0.05, 0) is 47.2 Å². The molecule has 0 radical (unpaired) electrons.